The van der Waals surface area contributed by atoms with Crippen LogP contribution in [0.3, 0.4) is 0 Å². The third kappa shape index (κ3) is 5.13. The summed E-state index contributed by atoms with van der Waals surface area (Å²) < 4.78 is 41.9. The van der Waals surface area contributed by atoms with Crippen molar-refractivity contribution in [2.45, 2.75) is 18.2 Å². The summed E-state index contributed by atoms with van der Waals surface area (Å²) in [6.45, 7) is 2.00. The molecular formula is C21H18ClFN2O3S. The lowest BCUT2D eigenvalue weighted by molar-refractivity contribution is 0.102. The number of sulfonamides is 1. The van der Waals surface area contributed by atoms with Crippen LogP contribution in [-0.4, -0.2) is 14.3 Å². The van der Waals surface area contributed by atoms with Crippen LogP contribution in [0.15, 0.2) is 71.6 Å². The van der Waals surface area contributed by atoms with Crippen molar-refractivity contribution in [3.05, 3.63) is 88.7 Å². The summed E-state index contributed by atoms with van der Waals surface area (Å²) in [6.07, 6.45) is 0.835. The molecule has 0 unspecified atom stereocenters. The second kappa shape index (κ2) is 8.63. The molecule has 0 fully saturated rings. The van der Waals surface area contributed by atoms with E-state index < -0.39 is 21.7 Å². The molecule has 0 atom stereocenters. The average Bonchev–Trinajstić information content (AvgIpc) is 2.70. The van der Waals surface area contributed by atoms with Gasteiger partial charge in [-0.1, -0.05) is 30.7 Å². The Labute approximate surface area is 173 Å². The normalized spacial score (nSPS) is 11.1. The van der Waals surface area contributed by atoms with Crippen LogP contribution >= 0.6 is 11.6 Å². The number of carbonyl (C=O) groups excluding carboxylic acids is 1. The van der Waals surface area contributed by atoms with Gasteiger partial charge in [-0.15, -0.1) is 0 Å². The maximum atomic E-state index is 14.4. The fourth-order valence-electron chi connectivity index (χ4n) is 2.58. The number of benzene rings is 3. The van der Waals surface area contributed by atoms with Crippen LogP contribution in [0.4, 0.5) is 15.8 Å². The number of carbonyl (C=O) groups is 1. The molecule has 0 aliphatic rings. The van der Waals surface area contributed by atoms with Gasteiger partial charge >= 0.3 is 0 Å². The number of anilines is 2. The van der Waals surface area contributed by atoms with E-state index in [9.17, 15) is 17.6 Å². The molecule has 3 aromatic rings. The van der Waals surface area contributed by atoms with E-state index in [1.807, 2.05) is 19.1 Å². The summed E-state index contributed by atoms with van der Waals surface area (Å²) in [5, 5.41) is 2.89. The maximum Gasteiger partial charge on any atom is 0.261 e. The molecule has 0 saturated carbocycles. The van der Waals surface area contributed by atoms with Gasteiger partial charge in [0.05, 0.1) is 10.6 Å². The highest BCUT2D eigenvalue weighted by molar-refractivity contribution is 7.92. The van der Waals surface area contributed by atoms with Gasteiger partial charge in [-0.05, 0) is 66.6 Å². The number of halogens is 2. The van der Waals surface area contributed by atoms with Gasteiger partial charge in [0.2, 0.25) is 0 Å². The summed E-state index contributed by atoms with van der Waals surface area (Å²) in [5.41, 5.74) is 1.61. The van der Waals surface area contributed by atoms with Crippen LogP contribution in [0.25, 0.3) is 0 Å². The lowest BCUT2D eigenvalue weighted by Crippen LogP contribution is -2.15. The fraction of sp³-hybridized carbons (Fsp3) is 0.0952. The van der Waals surface area contributed by atoms with Gasteiger partial charge in [0.15, 0.2) is 0 Å². The van der Waals surface area contributed by atoms with Crippen LogP contribution in [0.2, 0.25) is 5.02 Å². The summed E-state index contributed by atoms with van der Waals surface area (Å²) in [7, 11) is -3.97. The SMILES string of the molecule is CCc1ccc(NS(=O)(=O)c2ccc(NC(=O)c3ccc(Cl)cc3)c(F)c2)cc1. The molecule has 3 rings (SSSR count). The van der Waals surface area contributed by atoms with Gasteiger partial charge in [-0.25, -0.2) is 12.8 Å². The molecule has 2 N–H and O–H groups in total. The molecule has 0 bridgehead atoms. The molecule has 29 heavy (non-hydrogen) atoms. The highest BCUT2D eigenvalue weighted by Crippen LogP contribution is 2.22. The lowest BCUT2D eigenvalue weighted by Gasteiger charge is -2.11. The number of aryl methyl sites for hydroxylation is 1. The second-order valence-electron chi connectivity index (χ2n) is 6.26. The van der Waals surface area contributed by atoms with E-state index in [0.29, 0.717) is 16.3 Å². The molecule has 1 amide bonds. The number of nitrogens with one attached hydrogen (secondary N) is 2. The third-order valence-electron chi connectivity index (χ3n) is 4.22. The van der Waals surface area contributed by atoms with Crippen molar-refractivity contribution in [1.29, 1.82) is 0 Å². The molecule has 8 heteroatoms. The highest BCUT2D eigenvalue weighted by atomic mass is 35.5. The van der Waals surface area contributed by atoms with Crippen LogP contribution < -0.4 is 10.0 Å². The first-order valence-electron chi connectivity index (χ1n) is 8.77. The van der Waals surface area contributed by atoms with Gasteiger partial charge in [0.25, 0.3) is 15.9 Å². The van der Waals surface area contributed by atoms with E-state index in [1.54, 1.807) is 24.3 Å². The topological polar surface area (TPSA) is 75.3 Å². The van der Waals surface area contributed by atoms with Crippen molar-refractivity contribution in [1.82, 2.24) is 0 Å². The minimum atomic E-state index is -3.97. The van der Waals surface area contributed by atoms with Gasteiger partial charge in [0.1, 0.15) is 5.82 Å². The minimum Gasteiger partial charge on any atom is -0.319 e. The molecule has 0 aromatic heterocycles. The molecule has 0 aliphatic heterocycles. The van der Waals surface area contributed by atoms with Crippen LogP contribution in [-0.2, 0) is 16.4 Å². The average molecular weight is 433 g/mol. The number of hydrogen-bond acceptors (Lipinski definition) is 3. The first-order valence-corrected chi connectivity index (χ1v) is 10.6. The smallest absolute Gasteiger partial charge is 0.261 e. The van der Waals surface area contributed by atoms with Gasteiger partial charge < -0.3 is 5.32 Å². The zero-order valence-corrected chi connectivity index (χ0v) is 17.0. The van der Waals surface area contributed by atoms with Crippen molar-refractivity contribution < 1.29 is 17.6 Å². The number of amides is 1. The minimum absolute atomic E-state index is 0.129. The van der Waals surface area contributed by atoms with Gasteiger partial charge in [0, 0.05) is 16.3 Å². The quantitative estimate of drug-likeness (QED) is 0.569. The van der Waals surface area contributed by atoms with Gasteiger partial charge in [-0.2, -0.15) is 0 Å². The Kier molecular flexibility index (Phi) is 6.20. The van der Waals surface area contributed by atoms with Crippen molar-refractivity contribution in [2.24, 2.45) is 0 Å². The monoisotopic (exact) mass is 432 g/mol. The molecular weight excluding hydrogens is 415 g/mol. The zero-order chi connectivity index (χ0) is 21.0. The Morgan fingerprint density at radius 2 is 1.66 bits per heavy atom. The lowest BCUT2D eigenvalue weighted by atomic mass is 10.2. The molecule has 0 saturated heterocycles. The molecule has 3 aromatic carbocycles. The molecule has 150 valence electrons. The van der Waals surface area contributed by atoms with Crippen molar-refractivity contribution in [2.75, 3.05) is 10.0 Å². The van der Waals surface area contributed by atoms with Crippen LogP contribution in [0, 0.1) is 5.82 Å². The highest BCUT2D eigenvalue weighted by Gasteiger charge is 2.18. The molecule has 0 aliphatic carbocycles. The molecule has 0 radical (unpaired) electrons. The predicted molar refractivity (Wildman–Crippen MR) is 112 cm³/mol. The molecule has 0 heterocycles. The maximum absolute atomic E-state index is 14.4. The predicted octanol–water partition coefficient (Wildman–Crippen LogP) is 5.09. The largest absolute Gasteiger partial charge is 0.319 e. The van der Waals surface area contributed by atoms with Crippen molar-refractivity contribution in [3.8, 4) is 0 Å². The van der Waals surface area contributed by atoms with Crippen molar-refractivity contribution in [3.63, 3.8) is 0 Å². The Hall–Kier alpha value is -2.90. The first-order chi connectivity index (χ1) is 13.8. The Morgan fingerprint density at radius 3 is 2.24 bits per heavy atom. The molecule has 5 nitrogen and oxygen atoms in total. The van der Waals surface area contributed by atoms with E-state index >= 15 is 0 Å². The van der Waals surface area contributed by atoms with Crippen LogP contribution in [0.1, 0.15) is 22.8 Å². The Morgan fingerprint density at radius 1 is 1.00 bits per heavy atom. The number of rotatable bonds is 6. The second-order valence-corrected chi connectivity index (χ2v) is 8.38. The van der Waals surface area contributed by atoms with E-state index in [-0.39, 0.29) is 10.6 Å². The van der Waals surface area contributed by atoms with E-state index in [2.05, 4.69) is 10.0 Å². The van der Waals surface area contributed by atoms with E-state index in [1.165, 1.54) is 24.3 Å². The standard InChI is InChI=1S/C21H18ClFN2O3S/c1-2-14-3-9-17(10-4-14)25-29(27,28)18-11-12-20(19(23)13-18)24-21(26)15-5-7-16(22)8-6-15/h3-13,25H,2H2,1H3,(H,24,26). The third-order valence-corrected chi connectivity index (χ3v) is 5.85. The summed E-state index contributed by atoms with van der Waals surface area (Å²) in [5.74, 6) is -1.40. The Balaban J connectivity index is 1.76. The molecule has 0 spiro atoms. The van der Waals surface area contributed by atoms with Gasteiger partial charge in [-0.3, -0.25) is 9.52 Å². The summed E-state index contributed by atoms with van der Waals surface area (Å²) >= 11 is 5.78. The zero-order valence-electron chi connectivity index (χ0n) is 15.4. The fourth-order valence-corrected chi connectivity index (χ4v) is 3.78. The summed E-state index contributed by atoms with van der Waals surface area (Å²) in [4.78, 5) is 12.0. The van der Waals surface area contributed by atoms with E-state index in [4.69, 9.17) is 11.6 Å². The summed E-state index contributed by atoms with van der Waals surface area (Å²) in [6, 6.07) is 16.3. The van der Waals surface area contributed by atoms with Crippen molar-refractivity contribution >= 4 is 38.9 Å². The van der Waals surface area contributed by atoms with E-state index in [0.717, 1.165) is 18.1 Å². The van der Waals surface area contributed by atoms with Crippen LogP contribution in [0.5, 0.6) is 0 Å². The Bertz CT molecular complexity index is 1130. The number of hydrogen-bond donors (Lipinski definition) is 2. The first kappa shape index (κ1) is 20.8.